The molecule has 0 spiro atoms. The van der Waals surface area contributed by atoms with Crippen molar-refractivity contribution in [2.45, 2.75) is 32.7 Å². The second kappa shape index (κ2) is 4.30. The van der Waals surface area contributed by atoms with Crippen LogP contribution < -0.4 is 4.90 Å². The molecule has 1 aliphatic heterocycles. The molecule has 3 heteroatoms. The van der Waals surface area contributed by atoms with Crippen molar-refractivity contribution in [2.24, 2.45) is 5.92 Å². The quantitative estimate of drug-likeness (QED) is 0.758. The molecule has 0 bridgehead atoms. The molecule has 0 aliphatic carbocycles. The molecular formula is C14H18N2S. The van der Waals surface area contributed by atoms with E-state index in [9.17, 15) is 0 Å². The third-order valence-electron chi connectivity index (χ3n) is 3.90. The molecule has 1 aromatic heterocycles. The minimum Gasteiger partial charge on any atom is -0.345 e. The van der Waals surface area contributed by atoms with E-state index in [0.717, 1.165) is 18.0 Å². The van der Waals surface area contributed by atoms with E-state index in [1.54, 1.807) is 0 Å². The zero-order valence-corrected chi connectivity index (χ0v) is 11.2. The predicted octanol–water partition coefficient (Wildman–Crippen LogP) is 3.92. The van der Waals surface area contributed by atoms with Gasteiger partial charge in [0.1, 0.15) is 0 Å². The van der Waals surface area contributed by atoms with Gasteiger partial charge in [-0.25, -0.2) is 4.98 Å². The van der Waals surface area contributed by atoms with Gasteiger partial charge in [0.2, 0.25) is 0 Å². The number of hydrogen-bond donors (Lipinski definition) is 0. The molecule has 2 atom stereocenters. The highest BCUT2D eigenvalue weighted by atomic mass is 32.1. The van der Waals surface area contributed by atoms with Gasteiger partial charge in [0.25, 0.3) is 0 Å². The third kappa shape index (κ3) is 1.93. The van der Waals surface area contributed by atoms with Gasteiger partial charge in [0.05, 0.1) is 10.2 Å². The number of piperidine rings is 1. The highest BCUT2D eigenvalue weighted by Gasteiger charge is 2.26. The zero-order valence-electron chi connectivity index (χ0n) is 10.4. The van der Waals surface area contributed by atoms with Crippen molar-refractivity contribution >= 4 is 26.7 Å². The number of aromatic nitrogens is 1. The van der Waals surface area contributed by atoms with Gasteiger partial charge in [-0.05, 0) is 37.8 Å². The molecule has 0 N–H and O–H groups in total. The van der Waals surface area contributed by atoms with E-state index in [1.165, 1.54) is 22.7 Å². The molecular weight excluding hydrogens is 228 g/mol. The van der Waals surface area contributed by atoms with Crippen LogP contribution in [0.1, 0.15) is 26.7 Å². The van der Waals surface area contributed by atoms with Crippen LogP contribution in [0.3, 0.4) is 0 Å². The monoisotopic (exact) mass is 246 g/mol. The minimum atomic E-state index is 0.615. The zero-order chi connectivity index (χ0) is 11.8. The van der Waals surface area contributed by atoms with E-state index in [2.05, 4.69) is 43.0 Å². The summed E-state index contributed by atoms with van der Waals surface area (Å²) in [5.74, 6) is 0.774. The van der Waals surface area contributed by atoms with Crippen LogP contribution in [0.15, 0.2) is 24.3 Å². The Morgan fingerprint density at radius 2 is 2.12 bits per heavy atom. The summed E-state index contributed by atoms with van der Waals surface area (Å²) in [6.07, 6.45) is 2.64. The Kier molecular flexibility index (Phi) is 2.79. The van der Waals surface area contributed by atoms with Crippen molar-refractivity contribution in [3.8, 4) is 0 Å². The Hall–Kier alpha value is -1.09. The first-order valence-electron chi connectivity index (χ1n) is 6.38. The summed E-state index contributed by atoms with van der Waals surface area (Å²) in [6.45, 7) is 5.84. The summed E-state index contributed by atoms with van der Waals surface area (Å²) in [7, 11) is 0. The van der Waals surface area contributed by atoms with Crippen LogP contribution in [0.25, 0.3) is 10.2 Å². The molecule has 17 heavy (non-hydrogen) atoms. The van der Waals surface area contributed by atoms with Gasteiger partial charge in [-0.3, -0.25) is 0 Å². The second-order valence-electron chi connectivity index (χ2n) is 5.02. The molecule has 1 aromatic carbocycles. The topological polar surface area (TPSA) is 16.1 Å². The first kappa shape index (κ1) is 11.0. The summed E-state index contributed by atoms with van der Waals surface area (Å²) in [5, 5.41) is 1.20. The number of nitrogens with zero attached hydrogens (tertiary/aromatic N) is 2. The molecule has 0 amide bonds. The third-order valence-corrected chi connectivity index (χ3v) is 4.98. The lowest BCUT2D eigenvalue weighted by molar-refractivity contribution is 0.363. The van der Waals surface area contributed by atoms with Crippen LogP contribution in [0.5, 0.6) is 0 Å². The predicted molar refractivity (Wildman–Crippen MR) is 74.8 cm³/mol. The van der Waals surface area contributed by atoms with Crippen molar-refractivity contribution in [2.75, 3.05) is 11.4 Å². The number of anilines is 1. The van der Waals surface area contributed by atoms with Crippen molar-refractivity contribution in [1.29, 1.82) is 0 Å². The van der Waals surface area contributed by atoms with Gasteiger partial charge in [0, 0.05) is 12.6 Å². The lowest BCUT2D eigenvalue weighted by Crippen LogP contribution is -2.42. The van der Waals surface area contributed by atoms with Gasteiger partial charge in [-0.1, -0.05) is 30.4 Å². The van der Waals surface area contributed by atoms with Crippen LogP contribution in [0.2, 0.25) is 0 Å². The molecule has 2 heterocycles. The van der Waals surface area contributed by atoms with Crippen LogP contribution in [0.4, 0.5) is 5.13 Å². The maximum atomic E-state index is 4.77. The highest BCUT2D eigenvalue weighted by Crippen LogP contribution is 2.34. The summed E-state index contributed by atoms with van der Waals surface area (Å²) < 4.78 is 1.30. The maximum Gasteiger partial charge on any atom is 0.186 e. The Morgan fingerprint density at radius 3 is 2.94 bits per heavy atom. The van der Waals surface area contributed by atoms with Crippen LogP contribution in [-0.2, 0) is 0 Å². The minimum absolute atomic E-state index is 0.615. The van der Waals surface area contributed by atoms with Crippen molar-refractivity contribution in [3.63, 3.8) is 0 Å². The summed E-state index contributed by atoms with van der Waals surface area (Å²) in [5.41, 5.74) is 1.14. The van der Waals surface area contributed by atoms with Gasteiger partial charge in [-0.15, -0.1) is 0 Å². The second-order valence-corrected chi connectivity index (χ2v) is 6.03. The fourth-order valence-electron chi connectivity index (χ4n) is 2.59. The van der Waals surface area contributed by atoms with Gasteiger partial charge in [0.15, 0.2) is 5.13 Å². The fourth-order valence-corrected chi connectivity index (χ4v) is 3.67. The SMILES string of the molecule is CC1CCCN(c2nc3ccccc3s2)C1C. The van der Waals surface area contributed by atoms with E-state index in [4.69, 9.17) is 4.98 Å². The Morgan fingerprint density at radius 1 is 1.29 bits per heavy atom. The van der Waals surface area contributed by atoms with E-state index < -0.39 is 0 Å². The maximum absolute atomic E-state index is 4.77. The normalized spacial score (nSPS) is 25.4. The molecule has 3 rings (SSSR count). The summed E-state index contributed by atoms with van der Waals surface area (Å²) in [6, 6.07) is 9.03. The van der Waals surface area contributed by atoms with Crippen molar-refractivity contribution in [1.82, 2.24) is 4.98 Å². The molecule has 2 nitrogen and oxygen atoms in total. The molecule has 2 unspecified atom stereocenters. The summed E-state index contributed by atoms with van der Waals surface area (Å²) in [4.78, 5) is 7.25. The molecule has 1 aliphatic rings. The number of hydrogen-bond acceptors (Lipinski definition) is 3. The fraction of sp³-hybridized carbons (Fsp3) is 0.500. The molecule has 0 saturated carbocycles. The molecule has 0 radical (unpaired) electrons. The average molecular weight is 246 g/mol. The Labute approximate surface area is 106 Å². The molecule has 90 valence electrons. The van der Waals surface area contributed by atoms with E-state index in [-0.39, 0.29) is 0 Å². The van der Waals surface area contributed by atoms with Gasteiger partial charge < -0.3 is 4.90 Å². The molecule has 1 saturated heterocycles. The van der Waals surface area contributed by atoms with Crippen molar-refractivity contribution in [3.05, 3.63) is 24.3 Å². The number of rotatable bonds is 1. The van der Waals surface area contributed by atoms with Gasteiger partial charge >= 0.3 is 0 Å². The highest BCUT2D eigenvalue weighted by molar-refractivity contribution is 7.22. The van der Waals surface area contributed by atoms with Crippen LogP contribution in [-0.4, -0.2) is 17.6 Å². The number of fused-ring (bicyclic) bond motifs is 1. The van der Waals surface area contributed by atoms with Crippen molar-refractivity contribution < 1.29 is 0 Å². The Balaban J connectivity index is 1.97. The van der Waals surface area contributed by atoms with E-state index in [0.29, 0.717) is 6.04 Å². The Bertz CT molecular complexity index is 487. The smallest absolute Gasteiger partial charge is 0.186 e. The largest absolute Gasteiger partial charge is 0.345 e. The van der Waals surface area contributed by atoms with Crippen LogP contribution >= 0.6 is 11.3 Å². The van der Waals surface area contributed by atoms with Gasteiger partial charge in [-0.2, -0.15) is 0 Å². The summed E-state index contributed by atoms with van der Waals surface area (Å²) >= 11 is 1.82. The first-order valence-corrected chi connectivity index (χ1v) is 7.19. The molecule has 1 fully saturated rings. The first-order chi connectivity index (χ1) is 8.25. The number of benzene rings is 1. The van der Waals surface area contributed by atoms with Crippen LogP contribution in [0, 0.1) is 5.92 Å². The molecule has 2 aromatic rings. The standard InChI is InChI=1S/C14H18N2S/c1-10-6-5-9-16(11(10)2)14-15-12-7-3-4-8-13(12)17-14/h3-4,7-8,10-11H,5-6,9H2,1-2H3. The number of para-hydroxylation sites is 1. The lowest BCUT2D eigenvalue weighted by Gasteiger charge is -2.37. The lowest BCUT2D eigenvalue weighted by atomic mass is 9.93. The number of thiazole rings is 1. The average Bonchev–Trinajstić information content (AvgIpc) is 2.76. The van der Waals surface area contributed by atoms with E-state index in [1.807, 2.05) is 11.3 Å². The van der Waals surface area contributed by atoms with E-state index >= 15 is 0 Å².